The van der Waals surface area contributed by atoms with E-state index in [-0.39, 0.29) is 4.90 Å². The molecule has 0 fully saturated rings. The number of hydrogen-bond donors (Lipinski definition) is 1. The molecule has 5 nitrogen and oxygen atoms in total. The predicted molar refractivity (Wildman–Crippen MR) is 51.0 cm³/mol. The molecule has 0 bridgehead atoms. The molecule has 0 atom stereocenters. The Labute approximate surface area is 90.7 Å². The van der Waals surface area contributed by atoms with E-state index in [1.54, 1.807) is 0 Å². The van der Waals surface area contributed by atoms with Crippen LogP contribution in [-0.2, 0) is 9.84 Å². The van der Waals surface area contributed by atoms with E-state index in [1.165, 1.54) is 6.07 Å². The van der Waals surface area contributed by atoms with Crippen molar-refractivity contribution < 1.29 is 22.7 Å². The van der Waals surface area contributed by atoms with Crippen molar-refractivity contribution in [2.45, 2.75) is 4.90 Å². The molecular weight excluding hydrogens is 237 g/mol. The van der Waals surface area contributed by atoms with Crippen LogP contribution in [0.1, 0.15) is 10.4 Å². The standard InChI is InChI=1S/C9H6FNO4S/c10-8-2-1-6(5-7(8)9(12)13)16(14,15)4-3-11/h1-2,5H,4H2,(H,12,13). The number of aromatic carboxylic acids is 1. The molecule has 0 aliphatic rings. The second kappa shape index (κ2) is 4.28. The summed E-state index contributed by atoms with van der Waals surface area (Å²) in [6, 6.07) is 3.81. The molecule has 0 radical (unpaired) electrons. The molecule has 1 N–H and O–H groups in total. The van der Waals surface area contributed by atoms with Gasteiger partial charge in [-0.3, -0.25) is 0 Å². The Morgan fingerprint density at radius 1 is 1.50 bits per heavy atom. The van der Waals surface area contributed by atoms with Crippen LogP contribution in [0.5, 0.6) is 0 Å². The van der Waals surface area contributed by atoms with E-state index in [4.69, 9.17) is 10.4 Å². The Bertz CT molecular complexity index is 574. The van der Waals surface area contributed by atoms with Gasteiger partial charge in [0.25, 0.3) is 0 Å². The normalized spacial score (nSPS) is 10.8. The van der Waals surface area contributed by atoms with Crippen molar-refractivity contribution in [2.75, 3.05) is 5.75 Å². The second-order valence-corrected chi connectivity index (χ2v) is 4.85. The van der Waals surface area contributed by atoms with Crippen molar-refractivity contribution >= 4 is 15.8 Å². The molecular formula is C9H6FNO4S. The maximum absolute atomic E-state index is 13.0. The lowest BCUT2D eigenvalue weighted by Crippen LogP contribution is -2.08. The summed E-state index contributed by atoms with van der Waals surface area (Å²) in [7, 11) is -3.87. The van der Waals surface area contributed by atoms with Gasteiger partial charge in [0.2, 0.25) is 0 Å². The molecule has 16 heavy (non-hydrogen) atoms. The second-order valence-electron chi connectivity index (χ2n) is 2.86. The molecule has 0 aliphatic heterocycles. The highest BCUT2D eigenvalue weighted by atomic mass is 32.2. The van der Waals surface area contributed by atoms with E-state index >= 15 is 0 Å². The molecule has 0 spiro atoms. The Hall–Kier alpha value is -1.94. The van der Waals surface area contributed by atoms with Crippen LogP contribution in [0, 0.1) is 17.1 Å². The minimum Gasteiger partial charge on any atom is -0.478 e. The number of hydrogen-bond acceptors (Lipinski definition) is 4. The van der Waals surface area contributed by atoms with Gasteiger partial charge in [-0.2, -0.15) is 5.26 Å². The van der Waals surface area contributed by atoms with E-state index in [2.05, 4.69) is 0 Å². The van der Waals surface area contributed by atoms with Crippen molar-refractivity contribution in [1.29, 1.82) is 5.26 Å². The first-order valence-electron chi connectivity index (χ1n) is 4.01. The summed E-state index contributed by atoms with van der Waals surface area (Å²) in [5, 5.41) is 16.9. The van der Waals surface area contributed by atoms with Crippen LogP contribution in [0.4, 0.5) is 4.39 Å². The summed E-state index contributed by atoms with van der Waals surface area (Å²) in [4.78, 5) is 10.2. The van der Waals surface area contributed by atoms with E-state index < -0.39 is 32.9 Å². The molecule has 7 heteroatoms. The number of nitriles is 1. The van der Waals surface area contributed by atoms with Crippen LogP contribution >= 0.6 is 0 Å². The highest BCUT2D eigenvalue weighted by Gasteiger charge is 2.18. The topological polar surface area (TPSA) is 95.2 Å². The summed E-state index contributed by atoms with van der Waals surface area (Å²) < 4.78 is 35.7. The van der Waals surface area contributed by atoms with Crippen LogP contribution in [-0.4, -0.2) is 25.2 Å². The zero-order valence-corrected chi connectivity index (χ0v) is 8.66. The van der Waals surface area contributed by atoms with Gasteiger partial charge in [-0.1, -0.05) is 0 Å². The molecule has 0 aromatic heterocycles. The fourth-order valence-corrected chi connectivity index (χ4v) is 1.94. The third kappa shape index (κ3) is 2.35. The van der Waals surface area contributed by atoms with E-state index in [0.29, 0.717) is 6.07 Å². The highest BCUT2D eigenvalue weighted by Crippen LogP contribution is 2.16. The lowest BCUT2D eigenvalue weighted by atomic mass is 10.2. The van der Waals surface area contributed by atoms with E-state index in [0.717, 1.165) is 12.1 Å². The number of halogens is 1. The molecule has 0 saturated carbocycles. The summed E-state index contributed by atoms with van der Waals surface area (Å²) in [6.07, 6.45) is 0. The Morgan fingerprint density at radius 3 is 2.62 bits per heavy atom. The van der Waals surface area contributed by atoms with Crippen molar-refractivity contribution in [3.63, 3.8) is 0 Å². The molecule has 0 amide bonds. The van der Waals surface area contributed by atoms with Crippen molar-refractivity contribution in [3.8, 4) is 6.07 Å². The number of carbonyl (C=O) groups is 1. The van der Waals surface area contributed by atoms with Gasteiger partial charge >= 0.3 is 5.97 Å². The van der Waals surface area contributed by atoms with Crippen molar-refractivity contribution in [3.05, 3.63) is 29.6 Å². The summed E-state index contributed by atoms with van der Waals surface area (Å²) >= 11 is 0. The smallest absolute Gasteiger partial charge is 0.338 e. The third-order valence-electron chi connectivity index (χ3n) is 1.78. The zero-order chi connectivity index (χ0) is 12.3. The Kier molecular flexibility index (Phi) is 3.25. The first-order valence-corrected chi connectivity index (χ1v) is 5.66. The van der Waals surface area contributed by atoms with Gasteiger partial charge in [-0.15, -0.1) is 0 Å². The van der Waals surface area contributed by atoms with E-state index in [9.17, 15) is 17.6 Å². The first kappa shape index (κ1) is 12.1. The van der Waals surface area contributed by atoms with Gasteiger partial charge in [0, 0.05) is 0 Å². The molecule has 0 heterocycles. The maximum atomic E-state index is 13.0. The van der Waals surface area contributed by atoms with Gasteiger partial charge in [0.05, 0.1) is 16.5 Å². The molecule has 84 valence electrons. The molecule has 1 aromatic rings. The molecule has 1 aromatic carbocycles. The van der Waals surface area contributed by atoms with Gasteiger partial charge < -0.3 is 5.11 Å². The fourth-order valence-electron chi connectivity index (χ4n) is 1.03. The minimum absolute atomic E-state index is 0.382. The summed E-state index contributed by atoms with van der Waals surface area (Å²) in [5.41, 5.74) is -0.737. The average Bonchev–Trinajstić information content (AvgIpc) is 2.17. The fraction of sp³-hybridized carbons (Fsp3) is 0.111. The van der Waals surface area contributed by atoms with Gasteiger partial charge in [0.1, 0.15) is 11.6 Å². The van der Waals surface area contributed by atoms with Crippen LogP contribution in [0.25, 0.3) is 0 Å². The predicted octanol–water partition coefficient (Wildman–Crippen LogP) is 0.821. The number of carboxylic acids is 1. The van der Waals surface area contributed by atoms with E-state index in [1.807, 2.05) is 0 Å². The molecule has 1 rings (SSSR count). The Morgan fingerprint density at radius 2 is 2.12 bits per heavy atom. The summed E-state index contributed by atoms with van der Waals surface area (Å²) in [5.74, 6) is -3.37. The van der Waals surface area contributed by atoms with Crippen molar-refractivity contribution in [2.24, 2.45) is 0 Å². The number of nitrogens with zero attached hydrogens (tertiary/aromatic N) is 1. The lowest BCUT2D eigenvalue weighted by Gasteiger charge is -2.02. The monoisotopic (exact) mass is 243 g/mol. The van der Waals surface area contributed by atoms with Crippen LogP contribution in [0.2, 0.25) is 0 Å². The van der Waals surface area contributed by atoms with Gasteiger partial charge in [-0.05, 0) is 18.2 Å². The lowest BCUT2D eigenvalue weighted by molar-refractivity contribution is 0.0691. The number of benzene rings is 1. The quantitative estimate of drug-likeness (QED) is 0.793. The van der Waals surface area contributed by atoms with Crippen LogP contribution in [0.3, 0.4) is 0 Å². The number of carboxylic acid groups (broad SMARTS) is 1. The Balaban J connectivity index is 3.35. The van der Waals surface area contributed by atoms with Gasteiger partial charge in [-0.25, -0.2) is 17.6 Å². The van der Waals surface area contributed by atoms with Crippen LogP contribution in [0.15, 0.2) is 23.1 Å². The largest absolute Gasteiger partial charge is 0.478 e. The summed E-state index contributed by atoms with van der Waals surface area (Å²) in [6.45, 7) is 0. The van der Waals surface area contributed by atoms with Gasteiger partial charge in [0.15, 0.2) is 9.84 Å². The molecule has 0 unspecified atom stereocenters. The molecule has 0 aliphatic carbocycles. The third-order valence-corrected chi connectivity index (χ3v) is 3.26. The maximum Gasteiger partial charge on any atom is 0.338 e. The number of sulfone groups is 1. The molecule has 0 saturated heterocycles. The first-order chi connectivity index (χ1) is 7.38. The number of rotatable bonds is 3. The average molecular weight is 243 g/mol. The zero-order valence-electron chi connectivity index (χ0n) is 7.84. The highest BCUT2D eigenvalue weighted by molar-refractivity contribution is 7.91. The minimum atomic E-state index is -3.87. The van der Waals surface area contributed by atoms with Crippen LogP contribution < -0.4 is 0 Å². The SMILES string of the molecule is N#CCS(=O)(=O)c1ccc(F)c(C(=O)O)c1. The van der Waals surface area contributed by atoms with Crippen molar-refractivity contribution in [1.82, 2.24) is 0 Å².